The van der Waals surface area contributed by atoms with Gasteiger partial charge in [-0.15, -0.1) is 0 Å². The minimum Gasteiger partial charge on any atom is -0.452 e. The Morgan fingerprint density at radius 2 is 0.422 bits per heavy atom. The van der Waals surface area contributed by atoms with Crippen molar-refractivity contribution in [2.75, 3.05) is 111 Å². The van der Waals surface area contributed by atoms with Crippen molar-refractivity contribution in [1.82, 2.24) is 15.0 Å². The van der Waals surface area contributed by atoms with Gasteiger partial charge in [-0.3, -0.25) is 29.4 Å². The number of rotatable bonds is 0. The third kappa shape index (κ3) is 13.4. The van der Waals surface area contributed by atoms with E-state index in [9.17, 15) is 28.8 Å². The fourth-order valence-corrected chi connectivity index (χ4v) is 9.61. The molecule has 10 rings (SSSR count). The molecule has 0 fully saturated rings. The Labute approximate surface area is 515 Å². The number of carbonyl (C=O) groups is 6. The second kappa shape index (κ2) is 27.6. The topological polar surface area (TPSA) is 216 Å². The molecule has 12 bridgehead atoms. The summed E-state index contributed by atoms with van der Waals surface area (Å²) in [7, 11) is 7.52. The van der Waals surface area contributed by atoms with Crippen LogP contribution in [-0.2, 0) is 28.4 Å². The van der Waals surface area contributed by atoms with Gasteiger partial charge in [-0.1, -0.05) is 71.9 Å². The van der Waals surface area contributed by atoms with Crippen LogP contribution in [0.25, 0.3) is 65.4 Å². The number of ether oxygens (including phenoxy) is 6. The number of carbonyl (C=O) groups excluding carboxylic acids is 6. The van der Waals surface area contributed by atoms with E-state index in [0.717, 1.165) is 32.3 Å². The maximum atomic E-state index is 13.2. The first-order valence-corrected chi connectivity index (χ1v) is 27.4. The first-order valence-electron chi connectivity index (χ1n) is 27.4. The molecule has 3 aromatic heterocycles. The Balaban J connectivity index is 1.01. The Hall–Kier alpha value is -12.7. The highest BCUT2D eigenvalue weighted by Gasteiger charge is 2.23. The SMILES string of the molecule is COC(=O)N1CC#CC#CCN(C(=O)OC)c2ccc3cc4ccc(cc4nc3c2)N(C(=O)OC)CC#CC#CCN(C(=O)OC)c2ccc3cc4ccc(cc4nc3c2)N(C(=O)OC)CC#CC#CCN(C(=O)OC)c2ccc3cc4ccc1cc4nc3c2. The molecule has 9 aromatic rings. The van der Waals surface area contributed by atoms with Crippen LogP contribution in [0.2, 0.25) is 0 Å². The van der Waals surface area contributed by atoms with Gasteiger partial charge in [0.25, 0.3) is 0 Å². The Morgan fingerprint density at radius 3 is 0.567 bits per heavy atom. The van der Waals surface area contributed by atoms with Gasteiger partial charge in [0.15, 0.2) is 0 Å². The van der Waals surface area contributed by atoms with Crippen molar-refractivity contribution >= 4 is 136 Å². The van der Waals surface area contributed by atoms with Gasteiger partial charge in [-0.25, -0.2) is 43.7 Å². The van der Waals surface area contributed by atoms with Crippen LogP contribution in [0, 0.1) is 71.0 Å². The number of hydrogen-bond acceptors (Lipinski definition) is 15. The van der Waals surface area contributed by atoms with Crippen LogP contribution >= 0.6 is 0 Å². The zero-order chi connectivity index (χ0) is 63.3. The van der Waals surface area contributed by atoms with Crippen LogP contribution in [0.1, 0.15) is 0 Å². The molecular formula is C69H51N9O12. The Morgan fingerprint density at radius 1 is 0.267 bits per heavy atom. The van der Waals surface area contributed by atoms with Crippen molar-refractivity contribution < 1.29 is 57.2 Å². The lowest BCUT2D eigenvalue weighted by molar-refractivity contribution is 0.178. The molecule has 4 heterocycles. The van der Waals surface area contributed by atoms with Gasteiger partial charge in [0.05, 0.1) is 149 Å². The lowest BCUT2D eigenvalue weighted by Crippen LogP contribution is -2.31. The highest BCUT2D eigenvalue weighted by Crippen LogP contribution is 2.32. The molecule has 0 unspecified atom stereocenters. The summed E-state index contributed by atoms with van der Waals surface area (Å²) in [5, 5.41) is 4.59. The van der Waals surface area contributed by atoms with E-state index in [2.05, 4.69) is 71.0 Å². The van der Waals surface area contributed by atoms with Crippen molar-refractivity contribution in [3.8, 4) is 71.0 Å². The molecule has 1 aliphatic rings. The maximum absolute atomic E-state index is 13.2. The Kier molecular flexibility index (Phi) is 18.5. The molecule has 0 spiro atoms. The fourth-order valence-electron chi connectivity index (χ4n) is 9.61. The molecule has 0 atom stereocenters. The van der Waals surface area contributed by atoms with Crippen LogP contribution in [0.4, 0.5) is 62.9 Å². The average molecular weight is 1200 g/mol. The average Bonchev–Trinajstić information content (AvgIpc) is 0.888. The van der Waals surface area contributed by atoms with E-state index in [1.807, 2.05) is 54.6 Å². The first-order chi connectivity index (χ1) is 43.8. The molecule has 0 N–H and O–H groups in total. The van der Waals surface area contributed by atoms with Gasteiger partial charge in [0.1, 0.15) is 0 Å². The van der Waals surface area contributed by atoms with Crippen LogP contribution in [0.15, 0.2) is 127 Å². The molecule has 0 radical (unpaired) electrons. The van der Waals surface area contributed by atoms with Gasteiger partial charge < -0.3 is 28.4 Å². The molecule has 0 aliphatic carbocycles. The van der Waals surface area contributed by atoms with Gasteiger partial charge in [0.2, 0.25) is 0 Å². The molecule has 6 amide bonds. The lowest BCUT2D eigenvalue weighted by atomic mass is 10.1. The number of benzene rings is 6. The molecule has 444 valence electrons. The second-order valence-electron chi connectivity index (χ2n) is 19.4. The van der Waals surface area contributed by atoms with Crippen molar-refractivity contribution in [2.24, 2.45) is 0 Å². The normalized spacial score (nSPS) is 12.9. The van der Waals surface area contributed by atoms with Crippen molar-refractivity contribution in [1.29, 1.82) is 0 Å². The van der Waals surface area contributed by atoms with E-state index >= 15 is 0 Å². The van der Waals surface area contributed by atoms with E-state index in [1.54, 1.807) is 72.8 Å². The molecule has 1 aliphatic heterocycles. The summed E-state index contributed by atoms with van der Waals surface area (Å²) >= 11 is 0. The summed E-state index contributed by atoms with van der Waals surface area (Å²) in [4.78, 5) is 102. The van der Waals surface area contributed by atoms with Crippen molar-refractivity contribution in [2.45, 2.75) is 0 Å². The molecule has 6 aromatic carbocycles. The molecule has 0 saturated carbocycles. The largest absolute Gasteiger partial charge is 0.452 e. The zero-order valence-corrected chi connectivity index (χ0v) is 49.3. The first kappa shape index (κ1) is 60.4. The molecule has 21 heteroatoms. The van der Waals surface area contributed by atoms with Gasteiger partial charge in [0, 0.05) is 32.3 Å². The highest BCUT2D eigenvalue weighted by atomic mass is 16.6. The van der Waals surface area contributed by atoms with E-state index in [1.165, 1.54) is 72.1 Å². The minimum absolute atomic E-state index is 0.126. The zero-order valence-electron chi connectivity index (χ0n) is 49.3. The summed E-state index contributed by atoms with van der Waals surface area (Å²) in [6.45, 7) is -0.756. The summed E-state index contributed by atoms with van der Waals surface area (Å²) < 4.78 is 30.8. The third-order valence-electron chi connectivity index (χ3n) is 14.1. The van der Waals surface area contributed by atoms with Crippen LogP contribution < -0.4 is 29.4 Å². The van der Waals surface area contributed by atoms with Crippen LogP contribution in [-0.4, -0.2) is 133 Å². The summed E-state index contributed by atoms with van der Waals surface area (Å²) in [6.07, 6.45) is -4.14. The summed E-state index contributed by atoms with van der Waals surface area (Å²) in [5.74, 6) is 34.0. The maximum Gasteiger partial charge on any atom is 0.414 e. The fraction of sp³-hybridized carbons (Fsp3) is 0.174. The quantitative estimate of drug-likeness (QED) is 0.0784. The second-order valence-corrected chi connectivity index (χ2v) is 19.4. The number of pyridine rings is 3. The molecular weight excluding hydrogens is 1150 g/mol. The number of fused-ring (bicyclic) bond motifs is 6. The Bertz CT molecular complexity index is 4070. The predicted molar refractivity (Wildman–Crippen MR) is 343 cm³/mol. The number of amides is 6. The third-order valence-corrected chi connectivity index (χ3v) is 14.1. The number of aromatic nitrogens is 3. The number of hydrogen-bond donors (Lipinski definition) is 0. The van der Waals surface area contributed by atoms with Crippen LogP contribution in [0.3, 0.4) is 0 Å². The molecule has 90 heavy (non-hydrogen) atoms. The molecule has 21 nitrogen and oxygen atoms in total. The van der Waals surface area contributed by atoms with E-state index in [0.29, 0.717) is 67.2 Å². The minimum atomic E-state index is -0.691. The predicted octanol–water partition coefficient (Wildman–Crippen LogP) is 10.7. The summed E-state index contributed by atoms with van der Waals surface area (Å²) in [5.41, 5.74) is 5.69. The molecule has 0 saturated heterocycles. The van der Waals surface area contributed by atoms with Gasteiger partial charge in [-0.05, 0) is 127 Å². The van der Waals surface area contributed by atoms with E-state index in [4.69, 9.17) is 43.4 Å². The van der Waals surface area contributed by atoms with E-state index < -0.39 is 36.6 Å². The van der Waals surface area contributed by atoms with Crippen LogP contribution in [0.5, 0.6) is 0 Å². The van der Waals surface area contributed by atoms with Gasteiger partial charge in [-0.2, -0.15) is 0 Å². The van der Waals surface area contributed by atoms with E-state index in [-0.39, 0.29) is 39.3 Å². The highest BCUT2D eigenvalue weighted by molar-refractivity contribution is 6.03. The van der Waals surface area contributed by atoms with Gasteiger partial charge >= 0.3 is 36.6 Å². The van der Waals surface area contributed by atoms with Crippen molar-refractivity contribution in [3.63, 3.8) is 0 Å². The number of anilines is 6. The monoisotopic (exact) mass is 1200 g/mol. The standard InChI is InChI=1S/C69H51N9O12/c1-85-64(79)73-31-13-7-8-14-32-74(65(80)86-2)54-27-21-48-38-49-22-28-55(43-61(49)71-60(48)42-54)77(68(83)89-5)35-17-11-12-18-36-78(69(84)90-6)57-30-24-51-39-50-23-29-56(44-62(50)72-63(51)45-57)76(67(82)88-4)34-16-10-9-15-33-75(66(81)87-3)53-26-20-47-37-46-19-25-52(73)40-58(46)70-59(47)41-53/h19-30,37-45H,31-36H2,1-6H3. The summed E-state index contributed by atoms with van der Waals surface area (Å²) in [6, 6.07) is 37.4. The van der Waals surface area contributed by atoms with Crippen molar-refractivity contribution in [3.05, 3.63) is 127 Å². The number of nitrogens with zero attached hydrogens (tertiary/aromatic N) is 9. The smallest absolute Gasteiger partial charge is 0.414 e. The number of methoxy groups -OCH3 is 6. The lowest BCUT2D eigenvalue weighted by Gasteiger charge is -2.20.